The Morgan fingerprint density at radius 2 is 1.94 bits per heavy atom. The van der Waals surface area contributed by atoms with Crippen molar-refractivity contribution < 1.29 is 31.8 Å². The maximum absolute atomic E-state index is 13.4. The standard InChI is InChI=1S/C22H28F5N5O2/c1-13(2)18(33)20-30-16(15-10-17(19(28)29-11-15)34-22(25,26)27)12-32(20)14(3)4-7-31-8-5-21(23,24)6-9-31/h10-13,18,33H,3-9H2,1-2H3,(H2,28,29)/t18-/m0/s1. The largest absolute Gasteiger partial charge is 0.573 e. The summed E-state index contributed by atoms with van der Waals surface area (Å²) in [5.74, 6) is -3.68. The summed E-state index contributed by atoms with van der Waals surface area (Å²) in [6, 6.07) is 1.07. The number of nitrogens with zero attached hydrogens (tertiary/aromatic N) is 4. The monoisotopic (exact) mass is 489 g/mol. The molecule has 1 aliphatic rings. The lowest BCUT2D eigenvalue weighted by atomic mass is 10.1. The van der Waals surface area contributed by atoms with E-state index < -0.39 is 30.0 Å². The van der Waals surface area contributed by atoms with Crippen LogP contribution < -0.4 is 10.5 Å². The first-order chi connectivity index (χ1) is 15.8. The third-order valence-electron chi connectivity index (χ3n) is 5.68. The van der Waals surface area contributed by atoms with Gasteiger partial charge in [0.15, 0.2) is 11.6 Å². The number of hydrogen-bond acceptors (Lipinski definition) is 6. The molecule has 0 amide bonds. The van der Waals surface area contributed by atoms with Crippen LogP contribution in [-0.2, 0) is 0 Å². The maximum atomic E-state index is 13.4. The molecule has 0 radical (unpaired) electrons. The van der Waals surface area contributed by atoms with Crippen molar-refractivity contribution in [2.75, 3.05) is 25.4 Å². The van der Waals surface area contributed by atoms with E-state index in [9.17, 15) is 27.1 Å². The molecule has 2 aromatic heterocycles. The number of imidazole rings is 1. The van der Waals surface area contributed by atoms with Gasteiger partial charge in [-0.3, -0.25) is 0 Å². The summed E-state index contributed by atoms with van der Waals surface area (Å²) in [5, 5.41) is 10.7. The molecular formula is C22H28F5N5O2. The summed E-state index contributed by atoms with van der Waals surface area (Å²) >= 11 is 0. The van der Waals surface area contributed by atoms with Crippen LogP contribution in [0.25, 0.3) is 17.0 Å². The average molecular weight is 489 g/mol. The highest BCUT2D eigenvalue weighted by atomic mass is 19.4. The lowest BCUT2D eigenvalue weighted by Gasteiger charge is -2.31. The van der Waals surface area contributed by atoms with Gasteiger partial charge in [0.2, 0.25) is 0 Å². The van der Waals surface area contributed by atoms with Crippen LogP contribution in [0.15, 0.2) is 25.0 Å². The van der Waals surface area contributed by atoms with E-state index in [4.69, 9.17) is 5.73 Å². The second kappa shape index (κ2) is 9.87. The topological polar surface area (TPSA) is 89.4 Å². The van der Waals surface area contributed by atoms with Crippen LogP contribution in [0.1, 0.15) is 45.0 Å². The van der Waals surface area contributed by atoms with E-state index in [0.29, 0.717) is 18.7 Å². The average Bonchev–Trinajstić information content (AvgIpc) is 3.18. The van der Waals surface area contributed by atoms with Crippen molar-refractivity contribution in [2.24, 2.45) is 5.92 Å². The molecular weight excluding hydrogens is 461 g/mol. The molecule has 0 aliphatic carbocycles. The molecule has 3 heterocycles. The van der Waals surface area contributed by atoms with Crippen LogP contribution in [0.3, 0.4) is 0 Å². The number of ether oxygens (including phenoxy) is 1. The SMILES string of the molecule is C=C(CCN1CCC(F)(F)CC1)n1cc(-c2cnc(N)c(OC(F)(F)F)c2)nc1[C@@H](O)C(C)C. The van der Waals surface area contributed by atoms with Crippen molar-refractivity contribution in [3.05, 3.63) is 30.9 Å². The molecule has 188 valence electrons. The summed E-state index contributed by atoms with van der Waals surface area (Å²) in [6.07, 6.45) is -3.10. The van der Waals surface area contributed by atoms with E-state index >= 15 is 0 Å². The molecule has 3 N–H and O–H groups in total. The minimum Gasteiger partial charge on any atom is -0.402 e. The minimum atomic E-state index is -4.94. The molecule has 0 bridgehead atoms. The van der Waals surface area contributed by atoms with Gasteiger partial charge >= 0.3 is 6.36 Å². The molecule has 7 nitrogen and oxygen atoms in total. The number of rotatable bonds is 8. The van der Waals surface area contributed by atoms with Crippen LogP contribution in [0, 0.1) is 5.92 Å². The predicted molar refractivity (Wildman–Crippen MR) is 117 cm³/mol. The smallest absolute Gasteiger partial charge is 0.402 e. The van der Waals surface area contributed by atoms with Gasteiger partial charge in [0.1, 0.15) is 11.9 Å². The van der Waals surface area contributed by atoms with Gasteiger partial charge in [0.25, 0.3) is 5.92 Å². The number of pyridine rings is 1. The first-order valence-electron chi connectivity index (χ1n) is 10.8. The van der Waals surface area contributed by atoms with Crippen molar-refractivity contribution in [1.82, 2.24) is 19.4 Å². The molecule has 3 rings (SSSR count). The lowest BCUT2D eigenvalue weighted by molar-refractivity contribution is -0.274. The highest BCUT2D eigenvalue weighted by molar-refractivity contribution is 5.65. The second-order valence-electron chi connectivity index (χ2n) is 8.71. The molecule has 2 aromatic rings. The van der Waals surface area contributed by atoms with Gasteiger partial charge in [0, 0.05) is 62.6 Å². The summed E-state index contributed by atoms with van der Waals surface area (Å²) in [5.41, 5.74) is 6.51. The second-order valence-corrected chi connectivity index (χ2v) is 8.71. The van der Waals surface area contributed by atoms with Crippen LogP contribution in [0.2, 0.25) is 0 Å². The Balaban J connectivity index is 1.85. The number of nitrogens with two attached hydrogens (primary N) is 1. The van der Waals surface area contributed by atoms with Crippen molar-refractivity contribution in [3.63, 3.8) is 0 Å². The van der Waals surface area contributed by atoms with Gasteiger partial charge < -0.3 is 25.0 Å². The molecule has 0 aromatic carbocycles. The number of nitrogen functional groups attached to an aromatic ring is 1. The number of aromatic nitrogens is 3. The minimum absolute atomic E-state index is 0.196. The van der Waals surface area contributed by atoms with Gasteiger partial charge in [-0.25, -0.2) is 18.7 Å². The summed E-state index contributed by atoms with van der Waals surface area (Å²) in [4.78, 5) is 10.1. The molecule has 0 unspecified atom stereocenters. The molecule has 0 saturated carbocycles. The Morgan fingerprint density at radius 3 is 2.53 bits per heavy atom. The fourth-order valence-electron chi connectivity index (χ4n) is 3.61. The van der Waals surface area contributed by atoms with E-state index in [-0.39, 0.29) is 48.9 Å². The fraction of sp³-hybridized carbons (Fsp3) is 0.545. The maximum Gasteiger partial charge on any atom is 0.573 e. The fourth-order valence-corrected chi connectivity index (χ4v) is 3.61. The lowest BCUT2D eigenvalue weighted by Crippen LogP contribution is -2.39. The molecule has 1 fully saturated rings. The van der Waals surface area contributed by atoms with Crippen LogP contribution in [-0.4, -0.2) is 56.5 Å². The van der Waals surface area contributed by atoms with E-state index in [1.54, 1.807) is 18.4 Å². The number of piperidine rings is 1. The van der Waals surface area contributed by atoms with E-state index in [0.717, 1.165) is 6.07 Å². The van der Waals surface area contributed by atoms with E-state index in [1.807, 2.05) is 4.90 Å². The molecule has 12 heteroatoms. The van der Waals surface area contributed by atoms with Crippen molar-refractivity contribution in [2.45, 2.75) is 51.5 Å². The van der Waals surface area contributed by atoms with Crippen LogP contribution in [0.5, 0.6) is 5.75 Å². The molecule has 1 aliphatic heterocycles. The molecule has 1 saturated heterocycles. The predicted octanol–water partition coefficient (Wildman–Crippen LogP) is 4.71. The summed E-state index contributed by atoms with van der Waals surface area (Å²) < 4.78 is 70.4. The quantitative estimate of drug-likeness (QED) is 0.523. The Bertz CT molecular complexity index is 1010. The van der Waals surface area contributed by atoms with Gasteiger partial charge in [-0.05, 0) is 12.0 Å². The third-order valence-corrected chi connectivity index (χ3v) is 5.68. The van der Waals surface area contributed by atoms with Crippen LogP contribution in [0.4, 0.5) is 27.8 Å². The Kier molecular flexibility index (Phi) is 7.51. The summed E-state index contributed by atoms with van der Waals surface area (Å²) in [7, 11) is 0. The molecule has 34 heavy (non-hydrogen) atoms. The number of aliphatic hydroxyl groups is 1. The number of likely N-dealkylation sites (tertiary alicyclic amines) is 1. The third kappa shape index (κ3) is 6.44. The summed E-state index contributed by atoms with van der Waals surface area (Å²) in [6.45, 7) is 8.68. The van der Waals surface area contributed by atoms with E-state index in [2.05, 4.69) is 21.3 Å². The zero-order chi connectivity index (χ0) is 25.3. The van der Waals surface area contributed by atoms with Gasteiger partial charge in [-0.1, -0.05) is 20.4 Å². The number of hydrogen-bond donors (Lipinski definition) is 2. The van der Waals surface area contributed by atoms with Crippen LogP contribution >= 0.6 is 0 Å². The first kappa shape index (κ1) is 25.9. The zero-order valence-corrected chi connectivity index (χ0v) is 18.9. The van der Waals surface area contributed by atoms with Crippen molar-refractivity contribution >= 4 is 11.5 Å². The molecule has 0 spiro atoms. The number of aliphatic hydroxyl groups excluding tert-OH is 1. The van der Waals surface area contributed by atoms with E-state index in [1.165, 1.54) is 12.4 Å². The highest BCUT2D eigenvalue weighted by Gasteiger charge is 2.34. The highest BCUT2D eigenvalue weighted by Crippen LogP contribution is 2.33. The Morgan fingerprint density at radius 1 is 1.29 bits per heavy atom. The van der Waals surface area contributed by atoms with Gasteiger partial charge in [-0.15, -0.1) is 13.2 Å². The Labute approximate surface area is 194 Å². The number of alkyl halides is 5. The Hall–Kier alpha value is -2.73. The molecule has 1 atom stereocenters. The van der Waals surface area contributed by atoms with Gasteiger partial charge in [-0.2, -0.15) is 0 Å². The van der Waals surface area contributed by atoms with Gasteiger partial charge in [0.05, 0.1) is 5.69 Å². The zero-order valence-electron chi connectivity index (χ0n) is 18.9. The van der Waals surface area contributed by atoms with Crippen molar-refractivity contribution in [3.8, 4) is 17.0 Å². The number of halogens is 5. The normalized spacial score (nSPS) is 17.7. The first-order valence-corrected chi connectivity index (χ1v) is 10.8. The number of anilines is 1. The van der Waals surface area contributed by atoms with Crippen molar-refractivity contribution in [1.29, 1.82) is 0 Å².